The first-order valence-corrected chi connectivity index (χ1v) is 5.76. The standard InChI is InChI=1S/C13H22O2/c1-4-5-6-13(11(14)15)9-7-12(2,3)8-10-13/h4-5H,6-10H2,1-3H3,(H,14,15)/b5-4+. The van der Waals surface area contributed by atoms with Crippen molar-refractivity contribution in [2.24, 2.45) is 10.8 Å². The summed E-state index contributed by atoms with van der Waals surface area (Å²) in [7, 11) is 0. The van der Waals surface area contributed by atoms with Crippen LogP contribution in [0.1, 0.15) is 52.9 Å². The number of allylic oxidation sites excluding steroid dienone is 2. The number of rotatable bonds is 3. The SMILES string of the molecule is C/C=C/CC1(C(=O)O)CCC(C)(C)CC1. The lowest BCUT2D eigenvalue weighted by Crippen LogP contribution is -2.37. The summed E-state index contributed by atoms with van der Waals surface area (Å²) in [6.07, 6.45) is 8.32. The fraction of sp³-hybridized carbons (Fsp3) is 0.769. The van der Waals surface area contributed by atoms with Gasteiger partial charge in [0.1, 0.15) is 0 Å². The molecule has 0 aromatic rings. The number of carbonyl (C=O) groups is 1. The lowest BCUT2D eigenvalue weighted by Gasteiger charge is -2.40. The van der Waals surface area contributed by atoms with Crippen molar-refractivity contribution in [3.05, 3.63) is 12.2 Å². The molecule has 0 aromatic heterocycles. The second kappa shape index (κ2) is 4.38. The van der Waals surface area contributed by atoms with E-state index in [0.717, 1.165) is 25.7 Å². The van der Waals surface area contributed by atoms with E-state index in [2.05, 4.69) is 13.8 Å². The Morgan fingerprint density at radius 1 is 1.27 bits per heavy atom. The zero-order valence-electron chi connectivity index (χ0n) is 10.0. The molecule has 2 heteroatoms. The van der Waals surface area contributed by atoms with Crippen LogP contribution in [-0.2, 0) is 4.79 Å². The lowest BCUT2D eigenvalue weighted by atomic mass is 9.64. The molecule has 2 nitrogen and oxygen atoms in total. The van der Waals surface area contributed by atoms with E-state index in [-0.39, 0.29) is 0 Å². The molecule has 1 fully saturated rings. The van der Waals surface area contributed by atoms with Crippen molar-refractivity contribution in [1.82, 2.24) is 0 Å². The molecule has 1 rings (SSSR count). The average molecular weight is 210 g/mol. The molecule has 0 aliphatic heterocycles. The molecule has 86 valence electrons. The van der Waals surface area contributed by atoms with Gasteiger partial charge in [0.2, 0.25) is 0 Å². The van der Waals surface area contributed by atoms with E-state index in [1.165, 1.54) is 0 Å². The summed E-state index contributed by atoms with van der Waals surface area (Å²) < 4.78 is 0. The number of hydrogen-bond acceptors (Lipinski definition) is 1. The molecule has 1 N–H and O–H groups in total. The molecule has 0 aromatic carbocycles. The Bertz CT molecular complexity index is 254. The molecular weight excluding hydrogens is 188 g/mol. The molecule has 0 bridgehead atoms. The first kappa shape index (κ1) is 12.3. The number of carboxylic acids is 1. The Balaban J connectivity index is 2.73. The summed E-state index contributed by atoms with van der Waals surface area (Å²) in [5.74, 6) is -0.615. The molecule has 0 amide bonds. The molecule has 1 saturated carbocycles. The van der Waals surface area contributed by atoms with Crippen LogP contribution in [0.2, 0.25) is 0 Å². The van der Waals surface area contributed by atoms with Crippen LogP contribution in [0.5, 0.6) is 0 Å². The van der Waals surface area contributed by atoms with Crippen LogP contribution < -0.4 is 0 Å². The van der Waals surface area contributed by atoms with Crippen molar-refractivity contribution >= 4 is 5.97 Å². The van der Waals surface area contributed by atoms with E-state index in [1.54, 1.807) is 0 Å². The minimum atomic E-state index is -0.615. The van der Waals surface area contributed by atoms with E-state index in [1.807, 2.05) is 19.1 Å². The van der Waals surface area contributed by atoms with Crippen molar-refractivity contribution in [3.63, 3.8) is 0 Å². The van der Waals surface area contributed by atoms with Crippen LogP contribution >= 0.6 is 0 Å². The Morgan fingerprint density at radius 3 is 2.20 bits per heavy atom. The number of carboxylic acid groups (broad SMARTS) is 1. The minimum Gasteiger partial charge on any atom is -0.481 e. The number of aliphatic carboxylic acids is 1. The van der Waals surface area contributed by atoms with Crippen LogP contribution in [0.4, 0.5) is 0 Å². The topological polar surface area (TPSA) is 37.3 Å². The van der Waals surface area contributed by atoms with Gasteiger partial charge in [0.05, 0.1) is 5.41 Å². The second-order valence-corrected chi connectivity index (χ2v) is 5.52. The largest absolute Gasteiger partial charge is 0.481 e. The molecule has 0 spiro atoms. The Kier molecular flexibility index (Phi) is 3.58. The molecule has 15 heavy (non-hydrogen) atoms. The fourth-order valence-corrected chi connectivity index (χ4v) is 2.25. The van der Waals surface area contributed by atoms with Gasteiger partial charge >= 0.3 is 5.97 Å². The highest BCUT2D eigenvalue weighted by atomic mass is 16.4. The van der Waals surface area contributed by atoms with Gasteiger partial charge in [-0.25, -0.2) is 0 Å². The molecule has 0 heterocycles. The van der Waals surface area contributed by atoms with Gasteiger partial charge in [-0.2, -0.15) is 0 Å². The quantitative estimate of drug-likeness (QED) is 0.722. The van der Waals surface area contributed by atoms with Gasteiger partial charge in [0, 0.05) is 0 Å². The molecule has 0 saturated heterocycles. The second-order valence-electron chi connectivity index (χ2n) is 5.52. The third-order valence-electron chi connectivity index (χ3n) is 3.76. The molecule has 0 atom stereocenters. The van der Waals surface area contributed by atoms with Crippen LogP contribution in [0.25, 0.3) is 0 Å². The van der Waals surface area contributed by atoms with Crippen LogP contribution in [-0.4, -0.2) is 11.1 Å². The summed E-state index contributed by atoms with van der Waals surface area (Å²) in [6, 6.07) is 0. The lowest BCUT2D eigenvalue weighted by molar-refractivity contribution is -0.152. The van der Waals surface area contributed by atoms with Crippen LogP contribution in [0.15, 0.2) is 12.2 Å². The van der Waals surface area contributed by atoms with E-state index in [0.29, 0.717) is 11.8 Å². The fourth-order valence-electron chi connectivity index (χ4n) is 2.25. The molecule has 0 radical (unpaired) electrons. The highest BCUT2D eigenvalue weighted by molar-refractivity contribution is 5.75. The highest BCUT2D eigenvalue weighted by Gasteiger charge is 2.42. The van der Waals surface area contributed by atoms with Crippen molar-refractivity contribution in [2.45, 2.75) is 52.9 Å². The zero-order chi connectivity index (χ0) is 11.5. The van der Waals surface area contributed by atoms with Crippen molar-refractivity contribution < 1.29 is 9.90 Å². The summed E-state index contributed by atoms with van der Waals surface area (Å²) >= 11 is 0. The molecular formula is C13H22O2. The predicted molar refractivity (Wildman–Crippen MR) is 61.7 cm³/mol. The Morgan fingerprint density at radius 2 is 1.80 bits per heavy atom. The smallest absolute Gasteiger partial charge is 0.309 e. The summed E-state index contributed by atoms with van der Waals surface area (Å²) in [4.78, 5) is 11.4. The normalized spacial score (nSPS) is 24.2. The maximum atomic E-state index is 11.4. The summed E-state index contributed by atoms with van der Waals surface area (Å²) in [5, 5.41) is 9.35. The van der Waals surface area contributed by atoms with Gasteiger partial charge in [0.25, 0.3) is 0 Å². The van der Waals surface area contributed by atoms with Gasteiger partial charge in [0.15, 0.2) is 0 Å². The van der Waals surface area contributed by atoms with E-state index >= 15 is 0 Å². The van der Waals surface area contributed by atoms with E-state index < -0.39 is 11.4 Å². The molecule has 1 aliphatic rings. The van der Waals surface area contributed by atoms with Gasteiger partial charge < -0.3 is 5.11 Å². The Labute approximate surface area is 92.4 Å². The van der Waals surface area contributed by atoms with Crippen LogP contribution in [0, 0.1) is 10.8 Å². The Hall–Kier alpha value is -0.790. The first-order chi connectivity index (χ1) is 6.92. The van der Waals surface area contributed by atoms with E-state index in [9.17, 15) is 9.90 Å². The monoisotopic (exact) mass is 210 g/mol. The molecule has 0 unspecified atom stereocenters. The molecule has 1 aliphatic carbocycles. The van der Waals surface area contributed by atoms with Gasteiger partial charge in [-0.1, -0.05) is 26.0 Å². The maximum Gasteiger partial charge on any atom is 0.309 e. The number of hydrogen-bond donors (Lipinski definition) is 1. The summed E-state index contributed by atoms with van der Waals surface area (Å²) in [5.41, 5.74) is -0.156. The average Bonchev–Trinajstić information content (AvgIpc) is 2.16. The van der Waals surface area contributed by atoms with Crippen molar-refractivity contribution in [3.8, 4) is 0 Å². The third kappa shape index (κ3) is 2.83. The van der Waals surface area contributed by atoms with E-state index in [4.69, 9.17) is 0 Å². The zero-order valence-corrected chi connectivity index (χ0v) is 10.0. The third-order valence-corrected chi connectivity index (χ3v) is 3.76. The predicted octanol–water partition coefficient (Wildman–Crippen LogP) is 3.62. The summed E-state index contributed by atoms with van der Waals surface area (Å²) in [6.45, 7) is 6.41. The maximum absolute atomic E-state index is 11.4. The van der Waals surface area contributed by atoms with Crippen LogP contribution in [0.3, 0.4) is 0 Å². The van der Waals surface area contributed by atoms with Gasteiger partial charge in [-0.15, -0.1) is 0 Å². The van der Waals surface area contributed by atoms with Crippen molar-refractivity contribution in [2.75, 3.05) is 0 Å². The van der Waals surface area contributed by atoms with Gasteiger partial charge in [-0.05, 0) is 44.4 Å². The first-order valence-electron chi connectivity index (χ1n) is 5.76. The van der Waals surface area contributed by atoms with Gasteiger partial charge in [-0.3, -0.25) is 4.79 Å². The van der Waals surface area contributed by atoms with Crippen molar-refractivity contribution in [1.29, 1.82) is 0 Å². The minimum absolute atomic E-state index is 0.328. The highest BCUT2D eigenvalue weighted by Crippen LogP contribution is 2.47.